The molecule has 1 N–H and O–H groups in total. The van der Waals surface area contributed by atoms with Gasteiger partial charge in [0.1, 0.15) is 5.76 Å². The minimum absolute atomic E-state index is 0.0313. The van der Waals surface area contributed by atoms with Crippen molar-refractivity contribution < 1.29 is 9.21 Å². The van der Waals surface area contributed by atoms with Gasteiger partial charge in [-0.15, -0.1) is 11.8 Å². The number of nitrogens with one attached hydrogen (secondary N) is 1. The standard InChI is InChI=1S/C13H11NO2S/c15-13-8-12(10-5-3-7-16-10)17-11-6-2-1-4-9(11)14-13/h1-7,12H,8H2,(H,14,15)/t12-/m0/s1. The van der Waals surface area contributed by atoms with Gasteiger partial charge in [0.05, 0.1) is 17.2 Å². The first-order chi connectivity index (χ1) is 8.33. The van der Waals surface area contributed by atoms with Crippen molar-refractivity contribution in [1.29, 1.82) is 0 Å². The van der Waals surface area contributed by atoms with Gasteiger partial charge in [0.2, 0.25) is 5.91 Å². The van der Waals surface area contributed by atoms with Crippen LogP contribution in [0.2, 0.25) is 0 Å². The zero-order valence-corrected chi connectivity index (χ0v) is 9.87. The first-order valence-corrected chi connectivity index (χ1v) is 6.30. The molecular formula is C13H11NO2S. The second kappa shape index (κ2) is 4.30. The van der Waals surface area contributed by atoms with Crippen LogP contribution in [0.5, 0.6) is 0 Å². The smallest absolute Gasteiger partial charge is 0.225 e. The molecule has 1 aliphatic rings. The predicted molar refractivity (Wildman–Crippen MR) is 67.0 cm³/mol. The number of carbonyl (C=O) groups excluding carboxylic acids is 1. The molecule has 0 saturated heterocycles. The third kappa shape index (κ3) is 2.08. The van der Waals surface area contributed by atoms with Crippen molar-refractivity contribution in [2.75, 3.05) is 5.32 Å². The van der Waals surface area contributed by atoms with Crippen LogP contribution in [-0.4, -0.2) is 5.91 Å². The van der Waals surface area contributed by atoms with Crippen LogP contribution in [-0.2, 0) is 4.79 Å². The van der Waals surface area contributed by atoms with E-state index in [1.165, 1.54) is 0 Å². The van der Waals surface area contributed by atoms with E-state index in [2.05, 4.69) is 5.32 Å². The Morgan fingerprint density at radius 3 is 2.94 bits per heavy atom. The normalized spacial score (nSPS) is 19.3. The first-order valence-electron chi connectivity index (χ1n) is 5.42. The molecule has 0 saturated carbocycles. The second-order valence-corrected chi connectivity index (χ2v) is 5.11. The number of carbonyl (C=O) groups is 1. The average Bonchev–Trinajstić information content (AvgIpc) is 2.79. The fraction of sp³-hybridized carbons (Fsp3) is 0.154. The van der Waals surface area contributed by atoms with E-state index in [4.69, 9.17) is 4.42 Å². The van der Waals surface area contributed by atoms with Gasteiger partial charge >= 0.3 is 0 Å². The van der Waals surface area contributed by atoms with Gasteiger partial charge in [-0.3, -0.25) is 4.79 Å². The lowest BCUT2D eigenvalue weighted by molar-refractivity contribution is -0.116. The van der Waals surface area contributed by atoms with Crippen LogP contribution >= 0.6 is 11.8 Å². The van der Waals surface area contributed by atoms with Crippen LogP contribution < -0.4 is 5.32 Å². The Morgan fingerprint density at radius 1 is 1.24 bits per heavy atom. The van der Waals surface area contributed by atoms with Crippen molar-refractivity contribution in [3.63, 3.8) is 0 Å². The van der Waals surface area contributed by atoms with E-state index in [1.54, 1.807) is 18.0 Å². The molecular weight excluding hydrogens is 234 g/mol. The van der Waals surface area contributed by atoms with Crippen LogP contribution in [0.4, 0.5) is 5.69 Å². The highest BCUT2D eigenvalue weighted by Crippen LogP contribution is 2.43. The number of rotatable bonds is 1. The molecule has 86 valence electrons. The second-order valence-electron chi connectivity index (χ2n) is 3.87. The van der Waals surface area contributed by atoms with Gasteiger partial charge in [0, 0.05) is 11.3 Å². The van der Waals surface area contributed by atoms with E-state index in [0.717, 1.165) is 16.3 Å². The summed E-state index contributed by atoms with van der Waals surface area (Å²) >= 11 is 1.66. The lowest BCUT2D eigenvalue weighted by Crippen LogP contribution is -2.11. The summed E-state index contributed by atoms with van der Waals surface area (Å²) in [7, 11) is 0. The minimum Gasteiger partial charge on any atom is -0.468 e. The van der Waals surface area contributed by atoms with E-state index in [1.807, 2.05) is 36.4 Å². The van der Waals surface area contributed by atoms with E-state index in [0.29, 0.717) is 6.42 Å². The third-order valence-electron chi connectivity index (χ3n) is 2.66. The molecule has 0 unspecified atom stereocenters. The Kier molecular flexibility index (Phi) is 2.65. The molecule has 0 radical (unpaired) electrons. The lowest BCUT2D eigenvalue weighted by atomic mass is 10.2. The molecule has 1 aliphatic heterocycles. The molecule has 1 aromatic heterocycles. The van der Waals surface area contributed by atoms with E-state index in [9.17, 15) is 4.79 Å². The number of hydrogen-bond acceptors (Lipinski definition) is 3. The number of para-hydroxylation sites is 1. The molecule has 0 fully saturated rings. The van der Waals surface area contributed by atoms with Crippen molar-refractivity contribution in [2.24, 2.45) is 0 Å². The quantitative estimate of drug-likeness (QED) is 0.836. The summed E-state index contributed by atoms with van der Waals surface area (Å²) in [4.78, 5) is 12.9. The Labute approximate surface area is 103 Å². The van der Waals surface area contributed by atoms with Crippen LogP contribution in [0.25, 0.3) is 0 Å². The molecule has 0 bridgehead atoms. The van der Waals surface area contributed by atoms with Crippen molar-refractivity contribution in [1.82, 2.24) is 0 Å². The van der Waals surface area contributed by atoms with Crippen molar-refractivity contribution in [2.45, 2.75) is 16.6 Å². The molecule has 2 heterocycles. The summed E-state index contributed by atoms with van der Waals surface area (Å²) in [5.74, 6) is 0.880. The topological polar surface area (TPSA) is 42.2 Å². The maximum atomic E-state index is 11.8. The summed E-state index contributed by atoms with van der Waals surface area (Å²) in [5.41, 5.74) is 0.886. The highest BCUT2D eigenvalue weighted by Gasteiger charge is 2.24. The van der Waals surface area contributed by atoms with Crippen molar-refractivity contribution in [3.8, 4) is 0 Å². The number of amides is 1. The molecule has 3 rings (SSSR count). The zero-order chi connectivity index (χ0) is 11.7. The minimum atomic E-state index is 0.0313. The molecule has 0 aliphatic carbocycles. The number of thioether (sulfide) groups is 1. The molecule has 17 heavy (non-hydrogen) atoms. The number of furan rings is 1. The number of fused-ring (bicyclic) bond motifs is 1. The van der Waals surface area contributed by atoms with Gasteiger partial charge in [-0.2, -0.15) is 0 Å². The van der Waals surface area contributed by atoms with Gasteiger partial charge in [-0.05, 0) is 24.3 Å². The number of hydrogen-bond donors (Lipinski definition) is 1. The predicted octanol–water partition coefficient (Wildman–Crippen LogP) is 3.46. The first kappa shape index (κ1) is 10.5. The summed E-state index contributed by atoms with van der Waals surface area (Å²) in [6.45, 7) is 0. The Balaban J connectivity index is 1.98. The molecule has 1 atom stereocenters. The SMILES string of the molecule is O=C1C[C@@H](c2ccco2)Sc2ccccc2N1. The van der Waals surface area contributed by atoms with Crippen LogP contribution in [0.1, 0.15) is 17.4 Å². The maximum Gasteiger partial charge on any atom is 0.225 e. The molecule has 3 nitrogen and oxygen atoms in total. The van der Waals surface area contributed by atoms with Crippen molar-refractivity contribution >= 4 is 23.4 Å². The van der Waals surface area contributed by atoms with E-state index >= 15 is 0 Å². The van der Waals surface area contributed by atoms with E-state index in [-0.39, 0.29) is 11.2 Å². The fourth-order valence-electron chi connectivity index (χ4n) is 1.87. The lowest BCUT2D eigenvalue weighted by Gasteiger charge is -2.09. The zero-order valence-electron chi connectivity index (χ0n) is 9.05. The van der Waals surface area contributed by atoms with Crippen molar-refractivity contribution in [3.05, 3.63) is 48.4 Å². The Morgan fingerprint density at radius 2 is 2.12 bits per heavy atom. The average molecular weight is 245 g/mol. The maximum absolute atomic E-state index is 11.8. The van der Waals surface area contributed by atoms with Crippen LogP contribution in [0.15, 0.2) is 52.0 Å². The highest BCUT2D eigenvalue weighted by molar-refractivity contribution is 7.99. The van der Waals surface area contributed by atoms with Crippen LogP contribution in [0, 0.1) is 0 Å². The molecule has 2 aromatic rings. The monoisotopic (exact) mass is 245 g/mol. The van der Waals surface area contributed by atoms with Gasteiger partial charge in [0.15, 0.2) is 0 Å². The van der Waals surface area contributed by atoms with E-state index < -0.39 is 0 Å². The third-order valence-corrected chi connectivity index (χ3v) is 3.96. The molecule has 1 aromatic carbocycles. The summed E-state index contributed by atoms with van der Waals surface area (Å²) in [6.07, 6.45) is 2.08. The van der Waals surface area contributed by atoms with Gasteiger partial charge in [-0.25, -0.2) is 0 Å². The number of anilines is 1. The van der Waals surface area contributed by atoms with Gasteiger partial charge < -0.3 is 9.73 Å². The van der Waals surface area contributed by atoms with Crippen LogP contribution in [0.3, 0.4) is 0 Å². The Bertz CT molecular complexity index is 536. The molecule has 0 spiro atoms. The number of benzene rings is 1. The molecule has 4 heteroatoms. The molecule has 1 amide bonds. The largest absolute Gasteiger partial charge is 0.468 e. The van der Waals surface area contributed by atoms with Gasteiger partial charge in [0.25, 0.3) is 0 Å². The summed E-state index contributed by atoms with van der Waals surface area (Å²) in [5, 5.41) is 2.96. The highest BCUT2D eigenvalue weighted by atomic mass is 32.2. The van der Waals surface area contributed by atoms with Gasteiger partial charge in [-0.1, -0.05) is 12.1 Å². The fourth-order valence-corrected chi connectivity index (χ4v) is 3.07. The summed E-state index contributed by atoms with van der Waals surface area (Å²) < 4.78 is 5.39. The summed E-state index contributed by atoms with van der Waals surface area (Å²) in [6, 6.07) is 11.6. The Hall–Kier alpha value is -1.68.